The third kappa shape index (κ3) is 0.891. The van der Waals surface area contributed by atoms with Gasteiger partial charge in [-0.15, -0.1) is 0 Å². The van der Waals surface area contributed by atoms with Crippen LogP contribution in [-0.4, -0.2) is 4.98 Å². The number of nitrogens with one attached hydrogen (secondary N) is 2. The van der Waals surface area contributed by atoms with Crippen LogP contribution >= 0.6 is 0 Å². The largest absolute Gasteiger partial charge is 0.357 e. The molecule has 0 bridgehead atoms. The maximum absolute atomic E-state index is 3.52. The first-order chi connectivity index (χ1) is 6.77. The van der Waals surface area contributed by atoms with E-state index in [0.717, 1.165) is 0 Å². The highest BCUT2D eigenvalue weighted by molar-refractivity contribution is 5.85. The van der Waals surface area contributed by atoms with Crippen molar-refractivity contribution in [1.29, 1.82) is 0 Å². The minimum Gasteiger partial charge on any atom is -0.357 e. The van der Waals surface area contributed by atoms with Crippen molar-refractivity contribution in [2.24, 2.45) is 0 Å². The Morgan fingerprint density at radius 2 is 1.86 bits per heavy atom. The van der Waals surface area contributed by atoms with Crippen LogP contribution in [0.3, 0.4) is 0 Å². The standard InChI is InChI=1S/C12H14N2/c1-7-11-9-5-3-4-6-10(9)14-12(11)8(2)13-7/h3-8,13-14H,1-2H3. The lowest BCUT2D eigenvalue weighted by atomic mass is 10.1. The van der Waals surface area contributed by atoms with Gasteiger partial charge >= 0.3 is 0 Å². The van der Waals surface area contributed by atoms with Gasteiger partial charge in [-0.1, -0.05) is 18.2 Å². The van der Waals surface area contributed by atoms with E-state index in [-0.39, 0.29) is 0 Å². The van der Waals surface area contributed by atoms with Crippen LogP contribution in [-0.2, 0) is 0 Å². The molecule has 14 heavy (non-hydrogen) atoms. The Balaban J connectivity index is 2.37. The molecule has 2 N–H and O–H groups in total. The second-order valence-corrected chi connectivity index (χ2v) is 4.11. The average molecular weight is 186 g/mol. The third-order valence-corrected chi connectivity index (χ3v) is 3.14. The number of hydrogen-bond acceptors (Lipinski definition) is 1. The number of aromatic amines is 1. The van der Waals surface area contributed by atoms with E-state index in [4.69, 9.17) is 0 Å². The first kappa shape index (κ1) is 8.06. The predicted molar refractivity (Wildman–Crippen MR) is 58.3 cm³/mol. The quantitative estimate of drug-likeness (QED) is 0.650. The highest BCUT2D eigenvalue weighted by Crippen LogP contribution is 2.37. The van der Waals surface area contributed by atoms with E-state index in [1.807, 2.05) is 0 Å². The fourth-order valence-corrected chi connectivity index (χ4v) is 2.53. The summed E-state index contributed by atoms with van der Waals surface area (Å²) in [6.45, 7) is 4.43. The summed E-state index contributed by atoms with van der Waals surface area (Å²) < 4.78 is 0. The fraction of sp³-hybridized carbons (Fsp3) is 0.333. The lowest BCUT2D eigenvalue weighted by Gasteiger charge is -2.06. The van der Waals surface area contributed by atoms with Crippen molar-refractivity contribution in [1.82, 2.24) is 10.3 Å². The molecule has 0 saturated heterocycles. The Labute approximate surface area is 83.3 Å². The molecular formula is C12H14N2. The molecule has 1 aliphatic heterocycles. The second-order valence-electron chi connectivity index (χ2n) is 4.11. The molecule has 0 fully saturated rings. The van der Waals surface area contributed by atoms with E-state index in [0.29, 0.717) is 12.1 Å². The van der Waals surface area contributed by atoms with Crippen molar-refractivity contribution in [3.8, 4) is 0 Å². The Bertz CT molecular complexity index is 484. The zero-order valence-corrected chi connectivity index (χ0v) is 8.46. The summed E-state index contributed by atoms with van der Waals surface area (Å²) in [5.74, 6) is 0. The molecule has 2 atom stereocenters. The van der Waals surface area contributed by atoms with Crippen LogP contribution in [0.15, 0.2) is 24.3 Å². The molecule has 0 spiro atoms. The van der Waals surface area contributed by atoms with Gasteiger partial charge in [0, 0.05) is 28.7 Å². The lowest BCUT2D eigenvalue weighted by Crippen LogP contribution is -2.12. The van der Waals surface area contributed by atoms with Gasteiger partial charge in [-0.25, -0.2) is 0 Å². The monoisotopic (exact) mass is 186 g/mol. The van der Waals surface area contributed by atoms with E-state index in [1.165, 1.54) is 22.2 Å². The molecule has 3 rings (SSSR count). The topological polar surface area (TPSA) is 27.8 Å². The maximum atomic E-state index is 3.52. The molecule has 1 aliphatic rings. The van der Waals surface area contributed by atoms with Crippen molar-refractivity contribution in [3.63, 3.8) is 0 Å². The molecule has 0 radical (unpaired) electrons. The van der Waals surface area contributed by atoms with Crippen molar-refractivity contribution < 1.29 is 0 Å². The van der Waals surface area contributed by atoms with Crippen LogP contribution in [0.4, 0.5) is 0 Å². The number of rotatable bonds is 0. The SMILES string of the molecule is CC1NC(C)c2c1[nH]c1ccccc21. The molecule has 1 aromatic carbocycles. The Morgan fingerprint density at radius 3 is 2.71 bits per heavy atom. The maximum Gasteiger partial charge on any atom is 0.0460 e. The van der Waals surface area contributed by atoms with Crippen LogP contribution in [0, 0.1) is 0 Å². The number of benzene rings is 1. The Hall–Kier alpha value is -1.28. The minimum absolute atomic E-state index is 0.451. The molecule has 0 saturated carbocycles. The molecule has 0 aliphatic carbocycles. The lowest BCUT2D eigenvalue weighted by molar-refractivity contribution is 0.548. The Kier molecular flexibility index (Phi) is 1.50. The van der Waals surface area contributed by atoms with Gasteiger partial charge in [0.2, 0.25) is 0 Å². The zero-order valence-electron chi connectivity index (χ0n) is 8.46. The van der Waals surface area contributed by atoms with Crippen LogP contribution in [0.1, 0.15) is 37.2 Å². The summed E-state index contributed by atoms with van der Waals surface area (Å²) in [5, 5.41) is 4.89. The van der Waals surface area contributed by atoms with E-state index in [2.05, 4.69) is 48.4 Å². The van der Waals surface area contributed by atoms with Crippen LogP contribution in [0.5, 0.6) is 0 Å². The summed E-state index contributed by atoms with van der Waals surface area (Å²) >= 11 is 0. The number of hydrogen-bond donors (Lipinski definition) is 2. The number of fused-ring (bicyclic) bond motifs is 3. The summed E-state index contributed by atoms with van der Waals surface area (Å²) in [7, 11) is 0. The molecular weight excluding hydrogens is 172 g/mol. The second kappa shape index (κ2) is 2.61. The van der Waals surface area contributed by atoms with Crippen molar-refractivity contribution in [3.05, 3.63) is 35.5 Å². The molecule has 72 valence electrons. The number of para-hydroxylation sites is 1. The van der Waals surface area contributed by atoms with Gasteiger partial charge in [-0.05, 0) is 25.5 Å². The number of aromatic nitrogens is 1. The van der Waals surface area contributed by atoms with Gasteiger partial charge in [0.1, 0.15) is 0 Å². The predicted octanol–water partition coefficient (Wildman–Crippen LogP) is 2.89. The summed E-state index contributed by atoms with van der Waals surface area (Å²) in [4.78, 5) is 3.49. The first-order valence-electron chi connectivity index (χ1n) is 5.14. The average Bonchev–Trinajstić information content (AvgIpc) is 2.66. The summed E-state index contributed by atoms with van der Waals surface area (Å²) in [5.41, 5.74) is 4.07. The van der Waals surface area contributed by atoms with Crippen LogP contribution < -0.4 is 5.32 Å². The van der Waals surface area contributed by atoms with E-state index >= 15 is 0 Å². The molecule has 2 unspecified atom stereocenters. The fourth-order valence-electron chi connectivity index (χ4n) is 2.53. The van der Waals surface area contributed by atoms with E-state index in [9.17, 15) is 0 Å². The zero-order chi connectivity index (χ0) is 9.71. The van der Waals surface area contributed by atoms with Crippen molar-refractivity contribution in [2.75, 3.05) is 0 Å². The van der Waals surface area contributed by atoms with Crippen molar-refractivity contribution in [2.45, 2.75) is 25.9 Å². The van der Waals surface area contributed by atoms with Gasteiger partial charge in [-0.2, -0.15) is 0 Å². The van der Waals surface area contributed by atoms with E-state index < -0.39 is 0 Å². The molecule has 2 heteroatoms. The van der Waals surface area contributed by atoms with Gasteiger partial charge in [0.05, 0.1) is 0 Å². The highest BCUT2D eigenvalue weighted by Gasteiger charge is 2.27. The third-order valence-electron chi connectivity index (χ3n) is 3.14. The minimum atomic E-state index is 0.451. The normalized spacial score (nSPS) is 25.6. The molecule has 1 aromatic heterocycles. The summed E-state index contributed by atoms with van der Waals surface area (Å²) in [6, 6.07) is 9.44. The van der Waals surface area contributed by atoms with Crippen LogP contribution in [0.25, 0.3) is 10.9 Å². The van der Waals surface area contributed by atoms with Crippen molar-refractivity contribution >= 4 is 10.9 Å². The smallest absolute Gasteiger partial charge is 0.0460 e. The van der Waals surface area contributed by atoms with Crippen LogP contribution in [0.2, 0.25) is 0 Å². The van der Waals surface area contributed by atoms with Gasteiger partial charge < -0.3 is 10.3 Å². The Morgan fingerprint density at radius 1 is 1.07 bits per heavy atom. The highest BCUT2D eigenvalue weighted by atomic mass is 15.0. The number of H-pyrrole nitrogens is 1. The molecule has 0 amide bonds. The van der Waals surface area contributed by atoms with E-state index in [1.54, 1.807) is 0 Å². The van der Waals surface area contributed by atoms with Gasteiger partial charge in [-0.3, -0.25) is 0 Å². The molecule has 2 aromatic rings. The molecule has 2 nitrogen and oxygen atoms in total. The first-order valence-corrected chi connectivity index (χ1v) is 5.14. The van der Waals surface area contributed by atoms with Gasteiger partial charge in [0.25, 0.3) is 0 Å². The summed E-state index contributed by atoms with van der Waals surface area (Å²) in [6.07, 6.45) is 0. The molecule has 2 heterocycles. The van der Waals surface area contributed by atoms with Gasteiger partial charge in [0.15, 0.2) is 0 Å².